The number of hydrogen-bond acceptors (Lipinski definition) is 2. The van der Waals surface area contributed by atoms with Gasteiger partial charge in [-0.25, -0.2) is 0 Å². The van der Waals surface area contributed by atoms with E-state index >= 15 is 0 Å². The Morgan fingerprint density at radius 2 is 1.88 bits per heavy atom. The molecule has 3 atom stereocenters. The topological polar surface area (TPSA) is 15.3 Å². The van der Waals surface area contributed by atoms with Gasteiger partial charge in [0, 0.05) is 23.6 Å². The van der Waals surface area contributed by atoms with Gasteiger partial charge in [-0.15, -0.1) is 0 Å². The molecule has 2 heterocycles. The molecular weight excluding hydrogens is 276 g/mol. The predicted molar refractivity (Wildman–Crippen MR) is 74.0 cm³/mol. The molecule has 17 heavy (non-hydrogen) atoms. The van der Waals surface area contributed by atoms with Crippen molar-refractivity contribution in [2.24, 2.45) is 11.8 Å². The zero-order chi connectivity index (χ0) is 11.8. The van der Waals surface area contributed by atoms with Crippen LogP contribution < -0.4 is 5.32 Å². The average Bonchev–Trinajstić information content (AvgIpc) is 2.88. The van der Waals surface area contributed by atoms with Crippen LogP contribution in [0.15, 0.2) is 28.7 Å². The third-order valence-corrected chi connectivity index (χ3v) is 5.04. The molecule has 0 radical (unpaired) electrons. The minimum atomic E-state index is 0.524. The minimum Gasteiger partial charge on any atom is -0.316 e. The van der Waals surface area contributed by atoms with E-state index in [1.54, 1.807) is 0 Å². The van der Waals surface area contributed by atoms with E-state index in [2.05, 4.69) is 57.3 Å². The zero-order valence-corrected chi connectivity index (χ0v) is 11.8. The van der Waals surface area contributed by atoms with Crippen molar-refractivity contribution in [3.05, 3.63) is 34.3 Å². The summed E-state index contributed by atoms with van der Waals surface area (Å²) < 4.78 is 1.24. The molecule has 92 valence electrons. The van der Waals surface area contributed by atoms with Crippen LogP contribution in [0.25, 0.3) is 0 Å². The number of benzene rings is 1. The maximum Gasteiger partial charge on any atom is 0.0331 e. The number of likely N-dealkylation sites (tertiary alicyclic amines) is 1. The molecule has 0 aromatic heterocycles. The standard InChI is InChI=1S/C14H19BrN2/c1-10(13-4-2-3-5-14(13)15)17-8-11-6-16-7-12(11)9-17/h2-5,10-12,16H,6-9H2,1H3. The Labute approximate surface area is 112 Å². The number of nitrogens with zero attached hydrogens (tertiary/aromatic N) is 1. The summed E-state index contributed by atoms with van der Waals surface area (Å²) in [6.07, 6.45) is 0. The third kappa shape index (κ3) is 2.16. The molecule has 3 rings (SSSR count). The lowest BCUT2D eigenvalue weighted by atomic mass is 10.0. The van der Waals surface area contributed by atoms with Crippen molar-refractivity contribution in [1.82, 2.24) is 10.2 Å². The maximum atomic E-state index is 3.67. The smallest absolute Gasteiger partial charge is 0.0331 e. The molecule has 1 N–H and O–H groups in total. The van der Waals surface area contributed by atoms with E-state index in [-0.39, 0.29) is 0 Å². The number of rotatable bonds is 2. The lowest BCUT2D eigenvalue weighted by molar-refractivity contribution is 0.243. The first-order valence-electron chi connectivity index (χ1n) is 6.45. The van der Waals surface area contributed by atoms with Crippen LogP contribution in [0.1, 0.15) is 18.5 Å². The molecule has 2 fully saturated rings. The maximum absolute atomic E-state index is 3.67. The SMILES string of the molecule is CC(c1ccccc1Br)N1CC2CNCC2C1. The van der Waals surface area contributed by atoms with E-state index in [0.29, 0.717) is 6.04 Å². The molecule has 0 amide bonds. The Hall–Kier alpha value is -0.380. The summed E-state index contributed by atoms with van der Waals surface area (Å²) in [5.41, 5.74) is 1.42. The highest BCUT2D eigenvalue weighted by molar-refractivity contribution is 9.10. The predicted octanol–water partition coefficient (Wildman–Crippen LogP) is 2.66. The average molecular weight is 295 g/mol. The Bertz CT molecular complexity index is 395. The zero-order valence-electron chi connectivity index (χ0n) is 10.2. The largest absolute Gasteiger partial charge is 0.316 e. The molecule has 2 nitrogen and oxygen atoms in total. The highest BCUT2D eigenvalue weighted by Gasteiger charge is 2.38. The lowest BCUT2D eigenvalue weighted by Gasteiger charge is -2.26. The normalized spacial score (nSPS) is 30.5. The first-order valence-corrected chi connectivity index (χ1v) is 7.24. The Balaban J connectivity index is 1.75. The second-order valence-corrected chi connectivity index (χ2v) is 6.18. The Morgan fingerprint density at radius 1 is 1.24 bits per heavy atom. The fourth-order valence-electron chi connectivity index (χ4n) is 3.22. The van der Waals surface area contributed by atoms with Crippen LogP contribution in [0.5, 0.6) is 0 Å². The number of hydrogen-bond donors (Lipinski definition) is 1. The van der Waals surface area contributed by atoms with Gasteiger partial charge in [0.15, 0.2) is 0 Å². The molecule has 1 aromatic carbocycles. The number of fused-ring (bicyclic) bond motifs is 1. The van der Waals surface area contributed by atoms with Crippen LogP contribution in [0.4, 0.5) is 0 Å². The fraction of sp³-hybridized carbons (Fsp3) is 0.571. The monoisotopic (exact) mass is 294 g/mol. The van der Waals surface area contributed by atoms with Crippen molar-refractivity contribution in [1.29, 1.82) is 0 Å². The van der Waals surface area contributed by atoms with Gasteiger partial charge in [-0.1, -0.05) is 34.1 Å². The Kier molecular flexibility index (Phi) is 3.24. The first-order chi connectivity index (χ1) is 8.25. The summed E-state index contributed by atoms with van der Waals surface area (Å²) in [5.74, 6) is 1.75. The van der Waals surface area contributed by atoms with Crippen molar-refractivity contribution in [3.63, 3.8) is 0 Å². The molecule has 1 aromatic rings. The van der Waals surface area contributed by atoms with Gasteiger partial charge >= 0.3 is 0 Å². The summed E-state index contributed by atoms with van der Waals surface area (Å²) in [6.45, 7) is 7.25. The molecule has 3 heteroatoms. The van der Waals surface area contributed by atoms with E-state index < -0.39 is 0 Å². The number of halogens is 1. The highest BCUT2D eigenvalue weighted by Crippen LogP contribution is 2.34. The van der Waals surface area contributed by atoms with Crippen molar-refractivity contribution in [2.45, 2.75) is 13.0 Å². The molecule has 0 saturated carbocycles. The van der Waals surface area contributed by atoms with Crippen molar-refractivity contribution >= 4 is 15.9 Å². The molecule has 0 bridgehead atoms. The molecule has 2 saturated heterocycles. The summed E-state index contributed by atoms with van der Waals surface area (Å²) in [4.78, 5) is 2.64. The molecule has 0 aliphatic carbocycles. The molecule has 3 unspecified atom stereocenters. The van der Waals surface area contributed by atoms with Crippen LogP contribution in [0.2, 0.25) is 0 Å². The quantitative estimate of drug-likeness (QED) is 0.902. The van der Waals surface area contributed by atoms with Crippen LogP contribution in [0, 0.1) is 11.8 Å². The van der Waals surface area contributed by atoms with E-state index in [1.165, 1.54) is 36.2 Å². The van der Waals surface area contributed by atoms with Crippen LogP contribution in [0.3, 0.4) is 0 Å². The van der Waals surface area contributed by atoms with Crippen LogP contribution in [-0.4, -0.2) is 31.1 Å². The van der Waals surface area contributed by atoms with Gasteiger partial charge in [-0.05, 0) is 43.5 Å². The summed E-state index contributed by atoms with van der Waals surface area (Å²) in [5, 5.41) is 3.50. The number of nitrogens with one attached hydrogen (secondary N) is 1. The molecule has 2 aliphatic heterocycles. The summed E-state index contributed by atoms with van der Waals surface area (Å²) in [6, 6.07) is 9.12. The van der Waals surface area contributed by atoms with Gasteiger partial charge in [-0.2, -0.15) is 0 Å². The van der Waals surface area contributed by atoms with Gasteiger partial charge in [-0.3, -0.25) is 4.90 Å². The van der Waals surface area contributed by atoms with Crippen LogP contribution >= 0.6 is 15.9 Å². The minimum absolute atomic E-state index is 0.524. The second-order valence-electron chi connectivity index (χ2n) is 5.33. The van der Waals surface area contributed by atoms with Gasteiger partial charge in [0.2, 0.25) is 0 Å². The van der Waals surface area contributed by atoms with Gasteiger partial charge in [0.1, 0.15) is 0 Å². The van der Waals surface area contributed by atoms with E-state index in [9.17, 15) is 0 Å². The van der Waals surface area contributed by atoms with Crippen molar-refractivity contribution < 1.29 is 0 Å². The summed E-state index contributed by atoms with van der Waals surface area (Å²) in [7, 11) is 0. The van der Waals surface area contributed by atoms with Gasteiger partial charge < -0.3 is 5.32 Å². The summed E-state index contributed by atoms with van der Waals surface area (Å²) >= 11 is 3.67. The fourth-order valence-corrected chi connectivity index (χ4v) is 3.83. The van der Waals surface area contributed by atoms with E-state index in [0.717, 1.165) is 11.8 Å². The molecule has 2 aliphatic rings. The van der Waals surface area contributed by atoms with E-state index in [1.807, 2.05) is 0 Å². The molecular formula is C14H19BrN2. The second kappa shape index (κ2) is 4.71. The van der Waals surface area contributed by atoms with Gasteiger partial charge in [0.25, 0.3) is 0 Å². The van der Waals surface area contributed by atoms with Gasteiger partial charge in [0.05, 0.1) is 0 Å². The lowest BCUT2D eigenvalue weighted by Crippen LogP contribution is -2.28. The van der Waals surface area contributed by atoms with Crippen molar-refractivity contribution in [3.8, 4) is 0 Å². The van der Waals surface area contributed by atoms with Crippen LogP contribution in [-0.2, 0) is 0 Å². The molecule has 0 spiro atoms. The highest BCUT2D eigenvalue weighted by atomic mass is 79.9. The van der Waals surface area contributed by atoms with E-state index in [4.69, 9.17) is 0 Å². The van der Waals surface area contributed by atoms with Crippen molar-refractivity contribution in [2.75, 3.05) is 26.2 Å². The third-order valence-electron chi connectivity index (χ3n) is 4.32. The first kappa shape index (κ1) is 11.7. The Morgan fingerprint density at radius 3 is 2.53 bits per heavy atom.